The van der Waals surface area contributed by atoms with Gasteiger partial charge in [-0.1, -0.05) is 132 Å². The quantitative estimate of drug-likeness (QED) is 0.228. The molecular weight excluding hydrogens is 392 g/mol. The van der Waals surface area contributed by atoms with Crippen molar-refractivity contribution in [3.8, 4) is 0 Å². The summed E-state index contributed by atoms with van der Waals surface area (Å²) >= 11 is 0. The van der Waals surface area contributed by atoms with Gasteiger partial charge in [-0.25, -0.2) is 0 Å². The predicted molar refractivity (Wildman–Crippen MR) is 139 cm³/mol. The van der Waals surface area contributed by atoms with Crippen LogP contribution in [0.4, 0.5) is 0 Å². The Kier molecular flexibility index (Phi) is 6.95. The summed E-state index contributed by atoms with van der Waals surface area (Å²) < 4.78 is 0. The molecule has 30 heavy (non-hydrogen) atoms. The van der Waals surface area contributed by atoms with E-state index in [0.29, 0.717) is 0 Å². The van der Waals surface area contributed by atoms with Crippen molar-refractivity contribution >= 4 is 16.1 Å². The van der Waals surface area contributed by atoms with Crippen molar-refractivity contribution in [2.45, 2.75) is 76.5 Å². The fraction of sp³-hybridized carbons (Fsp3) is 0.429. The summed E-state index contributed by atoms with van der Waals surface area (Å²) in [4.78, 5) is 0. The Morgan fingerprint density at radius 2 is 1.03 bits per heavy atom. The highest BCUT2D eigenvalue weighted by atomic mass is 28.3. The van der Waals surface area contributed by atoms with Crippen molar-refractivity contribution in [3.05, 3.63) is 93.7 Å². The van der Waals surface area contributed by atoms with Crippen molar-refractivity contribution in [1.29, 1.82) is 0 Å². The SMILES string of the molecule is CC[Si](CCCCC[Si](C)(C1=CCC=C1)C1=CCC=C1)(C1=CCC=C1)C1=CCC=C1. The third kappa shape index (κ3) is 4.22. The summed E-state index contributed by atoms with van der Waals surface area (Å²) in [7, 11) is -3.06. The molecule has 4 rings (SSSR count). The standard InChI is InChI=1S/C28H38Si2/c1-3-30(27-19-9-10-20-27,28-21-11-12-22-28)24-14-4-13-23-29(2,25-15-5-6-16-25)26-17-7-8-18-26/h5,7,9,11,15-22H,3-4,6,8,10,12-14,23-24H2,1-2H3. The van der Waals surface area contributed by atoms with Gasteiger partial charge in [0.2, 0.25) is 0 Å². The van der Waals surface area contributed by atoms with E-state index in [1.807, 2.05) is 0 Å². The van der Waals surface area contributed by atoms with Crippen LogP contribution >= 0.6 is 0 Å². The van der Waals surface area contributed by atoms with E-state index in [0.717, 1.165) is 25.7 Å². The maximum atomic E-state index is 2.61. The summed E-state index contributed by atoms with van der Waals surface area (Å²) in [5, 5.41) is 6.79. The molecule has 0 aromatic heterocycles. The highest BCUT2D eigenvalue weighted by Crippen LogP contribution is 2.40. The normalized spacial score (nSPS) is 20.2. The van der Waals surface area contributed by atoms with Crippen LogP contribution in [0, 0.1) is 0 Å². The molecule has 0 saturated carbocycles. The molecule has 0 unspecified atom stereocenters. The van der Waals surface area contributed by atoms with Crippen molar-refractivity contribution in [2.24, 2.45) is 0 Å². The third-order valence-corrected chi connectivity index (χ3v) is 17.9. The Balaban J connectivity index is 1.39. The molecule has 0 aromatic rings. The van der Waals surface area contributed by atoms with E-state index >= 15 is 0 Å². The second-order valence-corrected chi connectivity index (χ2v) is 18.4. The van der Waals surface area contributed by atoms with Gasteiger partial charge in [0.25, 0.3) is 0 Å². The Hall–Kier alpha value is -1.65. The number of rotatable bonds is 11. The lowest BCUT2D eigenvalue weighted by molar-refractivity contribution is 0.754. The average Bonchev–Trinajstić information content (AvgIpc) is 3.59. The van der Waals surface area contributed by atoms with E-state index in [-0.39, 0.29) is 0 Å². The summed E-state index contributed by atoms with van der Waals surface area (Å²) in [6.45, 7) is 5.07. The molecular formula is C28H38Si2. The molecule has 0 saturated heterocycles. The van der Waals surface area contributed by atoms with Crippen LogP contribution in [0.25, 0.3) is 0 Å². The second-order valence-electron chi connectivity index (χ2n) is 9.52. The minimum absolute atomic E-state index is 1.14. The van der Waals surface area contributed by atoms with Gasteiger partial charge in [-0.3, -0.25) is 0 Å². The molecule has 0 atom stereocenters. The fourth-order valence-corrected chi connectivity index (χ4v) is 14.7. The van der Waals surface area contributed by atoms with Gasteiger partial charge < -0.3 is 0 Å². The van der Waals surface area contributed by atoms with Crippen LogP contribution in [0.15, 0.2) is 93.7 Å². The largest absolute Gasteiger partial charge is 0.117 e. The maximum absolute atomic E-state index is 2.61. The van der Waals surface area contributed by atoms with Crippen LogP contribution in [0.3, 0.4) is 0 Å². The Labute approximate surface area is 186 Å². The van der Waals surface area contributed by atoms with Crippen LogP contribution in [0.2, 0.25) is 24.7 Å². The van der Waals surface area contributed by atoms with Crippen LogP contribution in [-0.2, 0) is 0 Å². The van der Waals surface area contributed by atoms with Crippen LogP contribution in [-0.4, -0.2) is 16.1 Å². The van der Waals surface area contributed by atoms with Gasteiger partial charge >= 0.3 is 0 Å². The molecule has 0 N–H and O–H groups in total. The number of unbranched alkanes of at least 4 members (excludes halogenated alkanes) is 2. The monoisotopic (exact) mass is 430 g/mol. The van der Waals surface area contributed by atoms with Gasteiger partial charge in [0.15, 0.2) is 0 Å². The number of allylic oxidation sites excluding steroid dienone is 16. The van der Waals surface area contributed by atoms with Gasteiger partial charge in [0, 0.05) is 0 Å². The van der Waals surface area contributed by atoms with Gasteiger partial charge in [0.1, 0.15) is 16.1 Å². The Morgan fingerprint density at radius 1 is 0.600 bits per heavy atom. The number of hydrogen-bond acceptors (Lipinski definition) is 0. The molecule has 158 valence electrons. The molecule has 0 fully saturated rings. The predicted octanol–water partition coefficient (Wildman–Crippen LogP) is 8.41. The van der Waals surface area contributed by atoms with E-state index in [1.165, 1.54) is 37.4 Å². The van der Waals surface area contributed by atoms with Crippen molar-refractivity contribution < 1.29 is 0 Å². The molecule has 4 aliphatic rings. The Bertz CT molecular complexity index is 826. The van der Waals surface area contributed by atoms with Crippen molar-refractivity contribution in [3.63, 3.8) is 0 Å². The fourth-order valence-electron chi connectivity index (χ4n) is 5.94. The summed E-state index contributed by atoms with van der Waals surface area (Å²) in [6.07, 6.45) is 38.1. The van der Waals surface area contributed by atoms with E-state index in [4.69, 9.17) is 0 Å². The summed E-state index contributed by atoms with van der Waals surface area (Å²) in [5.41, 5.74) is 0. The van der Waals surface area contributed by atoms with Crippen LogP contribution < -0.4 is 0 Å². The van der Waals surface area contributed by atoms with E-state index in [1.54, 1.807) is 20.8 Å². The molecule has 0 aromatic carbocycles. The first-order chi connectivity index (χ1) is 14.7. The third-order valence-electron chi connectivity index (χ3n) is 7.85. The van der Waals surface area contributed by atoms with Gasteiger partial charge in [-0.2, -0.15) is 0 Å². The molecule has 4 aliphatic carbocycles. The van der Waals surface area contributed by atoms with E-state index in [2.05, 4.69) is 86.4 Å². The minimum atomic E-state index is -1.54. The second kappa shape index (κ2) is 9.66. The van der Waals surface area contributed by atoms with Crippen LogP contribution in [0.5, 0.6) is 0 Å². The molecule has 2 heteroatoms. The molecule has 0 spiro atoms. The molecule has 0 heterocycles. The van der Waals surface area contributed by atoms with E-state index in [9.17, 15) is 0 Å². The topological polar surface area (TPSA) is 0 Å². The average molecular weight is 431 g/mol. The zero-order chi connectivity index (χ0) is 20.9. The first-order valence-electron chi connectivity index (χ1n) is 12.2. The molecule has 0 nitrogen and oxygen atoms in total. The molecule has 0 aliphatic heterocycles. The lowest BCUT2D eigenvalue weighted by atomic mass is 10.3. The number of hydrogen-bond donors (Lipinski definition) is 0. The lowest BCUT2D eigenvalue weighted by Crippen LogP contribution is -2.38. The van der Waals surface area contributed by atoms with Gasteiger partial charge in [-0.05, 0) is 37.8 Å². The smallest absolute Gasteiger partial charge is 0.0811 e. The van der Waals surface area contributed by atoms with E-state index < -0.39 is 16.1 Å². The first-order valence-corrected chi connectivity index (χ1v) is 17.3. The van der Waals surface area contributed by atoms with Gasteiger partial charge in [-0.15, -0.1) is 0 Å². The lowest BCUT2D eigenvalue weighted by Gasteiger charge is -2.33. The Morgan fingerprint density at radius 3 is 1.43 bits per heavy atom. The highest BCUT2D eigenvalue weighted by Gasteiger charge is 2.38. The maximum Gasteiger partial charge on any atom is 0.117 e. The zero-order valence-electron chi connectivity index (χ0n) is 19.0. The highest BCUT2D eigenvalue weighted by molar-refractivity contribution is 6.94. The van der Waals surface area contributed by atoms with Crippen molar-refractivity contribution in [2.75, 3.05) is 0 Å². The van der Waals surface area contributed by atoms with Gasteiger partial charge in [0.05, 0.1) is 0 Å². The first kappa shape index (κ1) is 21.6. The summed E-state index contributed by atoms with van der Waals surface area (Å²) in [6, 6.07) is 4.19. The zero-order valence-corrected chi connectivity index (χ0v) is 21.0. The molecule has 0 bridgehead atoms. The van der Waals surface area contributed by atoms with Crippen LogP contribution in [0.1, 0.15) is 51.9 Å². The summed E-state index contributed by atoms with van der Waals surface area (Å²) in [5.74, 6) is 0. The van der Waals surface area contributed by atoms with Crippen molar-refractivity contribution in [1.82, 2.24) is 0 Å². The minimum Gasteiger partial charge on any atom is -0.0811 e. The molecule has 0 amide bonds. The molecule has 0 radical (unpaired) electrons.